The number of carboxylic acid groups (broad SMARTS) is 1. The highest BCUT2D eigenvalue weighted by Crippen LogP contribution is 2.21. The predicted octanol–water partition coefficient (Wildman–Crippen LogP) is 4.14. The van der Waals surface area contributed by atoms with E-state index in [0.29, 0.717) is 29.8 Å². The number of hydrogen-bond donors (Lipinski definition) is 1. The Morgan fingerprint density at radius 1 is 1.45 bits per heavy atom. The number of hydrogen-bond acceptors (Lipinski definition) is 2. The Bertz CT molecular complexity index is 474. The third-order valence-electron chi connectivity index (χ3n) is 2.73. The topological polar surface area (TPSA) is 49.8 Å². The van der Waals surface area contributed by atoms with E-state index in [2.05, 4.69) is 15.9 Å². The molecular formula is C14H19BrFNO3. The molecule has 1 aromatic carbocycles. The second kappa shape index (κ2) is 6.92. The predicted molar refractivity (Wildman–Crippen MR) is 78.7 cm³/mol. The third kappa shape index (κ3) is 5.00. The lowest BCUT2D eigenvalue weighted by atomic mass is 10.1. The van der Waals surface area contributed by atoms with E-state index in [1.165, 1.54) is 11.0 Å². The summed E-state index contributed by atoms with van der Waals surface area (Å²) in [5.74, 6) is 0.0488. The molecule has 4 nitrogen and oxygen atoms in total. The van der Waals surface area contributed by atoms with Gasteiger partial charge in [0, 0.05) is 18.2 Å². The zero-order chi connectivity index (χ0) is 15.3. The molecule has 1 amide bonds. The quantitative estimate of drug-likeness (QED) is 0.814. The molecule has 0 spiro atoms. The fourth-order valence-electron chi connectivity index (χ4n) is 1.70. The largest absolute Gasteiger partial charge is 0.493 e. The van der Waals surface area contributed by atoms with Crippen LogP contribution >= 0.6 is 15.9 Å². The van der Waals surface area contributed by atoms with Crippen molar-refractivity contribution < 1.29 is 19.0 Å². The number of halogens is 2. The Labute approximate surface area is 126 Å². The van der Waals surface area contributed by atoms with Crippen molar-refractivity contribution in [1.29, 1.82) is 0 Å². The van der Waals surface area contributed by atoms with Crippen molar-refractivity contribution in [3.05, 3.63) is 28.5 Å². The summed E-state index contributed by atoms with van der Waals surface area (Å²) >= 11 is 3.07. The van der Waals surface area contributed by atoms with Gasteiger partial charge in [0.1, 0.15) is 11.6 Å². The van der Waals surface area contributed by atoms with E-state index < -0.39 is 11.6 Å². The maximum atomic E-state index is 13.3. The Kier molecular flexibility index (Phi) is 5.80. The van der Waals surface area contributed by atoms with Gasteiger partial charge in [-0.3, -0.25) is 0 Å². The van der Waals surface area contributed by atoms with E-state index in [4.69, 9.17) is 9.84 Å². The minimum absolute atomic E-state index is 0.334. The summed E-state index contributed by atoms with van der Waals surface area (Å²) in [6.07, 6.45) is -0.409. The van der Waals surface area contributed by atoms with Gasteiger partial charge in [0.05, 0.1) is 11.1 Å². The number of benzene rings is 1. The molecule has 0 aliphatic carbocycles. The van der Waals surface area contributed by atoms with E-state index in [0.717, 1.165) is 0 Å². The Hall–Kier alpha value is -1.30. The molecule has 0 fully saturated rings. The van der Waals surface area contributed by atoms with Gasteiger partial charge in [0.25, 0.3) is 0 Å². The van der Waals surface area contributed by atoms with Crippen LogP contribution in [0, 0.1) is 5.82 Å². The van der Waals surface area contributed by atoms with E-state index in [9.17, 15) is 9.18 Å². The van der Waals surface area contributed by atoms with Crippen molar-refractivity contribution in [2.24, 2.45) is 0 Å². The van der Waals surface area contributed by atoms with Crippen molar-refractivity contribution in [3.8, 4) is 5.75 Å². The van der Waals surface area contributed by atoms with Crippen molar-refractivity contribution in [2.75, 3.05) is 13.2 Å². The second-order valence-corrected chi connectivity index (χ2v) is 6.24. The average molecular weight is 348 g/mol. The first-order chi connectivity index (χ1) is 9.21. The monoisotopic (exact) mass is 347 g/mol. The minimum atomic E-state index is -0.952. The van der Waals surface area contributed by atoms with Gasteiger partial charge in [0.2, 0.25) is 0 Å². The van der Waals surface area contributed by atoms with Gasteiger partial charge in [-0.05, 0) is 55.3 Å². The number of amides is 1. The molecule has 0 atom stereocenters. The zero-order valence-corrected chi connectivity index (χ0v) is 13.4. The van der Waals surface area contributed by atoms with Crippen LogP contribution in [0.5, 0.6) is 5.75 Å². The summed E-state index contributed by atoms with van der Waals surface area (Å²) in [5, 5.41) is 9.12. The van der Waals surface area contributed by atoms with Crippen LogP contribution in [0.4, 0.5) is 9.18 Å². The van der Waals surface area contributed by atoms with Crippen LogP contribution in [0.15, 0.2) is 22.7 Å². The average Bonchev–Trinajstić information content (AvgIpc) is 2.31. The van der Waals surface area contributed by atoms with Gasteiger partial charge in [0.15, 0.2) is 0 Å². The molecule has 0 saturated carbocycles. The normalized spacial score (nSPS) is 11.2. The van der Waals surface area contributed by atoms with Crippen molar-refractivity contribution in [2.45, 2.75) is 32.7 Å². The van der Waals surface area contributed by atoms with Crippen LogP contribution < -0.4 is 4.74 Å². The van der Waals surface area contributed by atoms with E-state index in [1.807, 2.05) is 20.8 Å². The minimum Gasteiger partial charge on any atom is -0.493 e. The summed E-state index contributed by atoms with van der Waals surface area (Å²) in [6.45, 7) is 6.23. The molecule has 0 heterocycles. The SMILES string of the molecule is CC(C)(C)N(CCCOc1ccc(Br)c(F)c1)C(=O)O. The number of rotatable bonds is 5. The van der Waals surface area contributed by atoms with Crippen LogP contribution in [-0.2, 0) is 0 Å². The van der Waals surface area contributed by atoms with Crippen LogP contribution in [0.25, 0.3) is 0 Å². The van der Waals surface area contributed by atoms with Crippen molar-refractivity contribution in [1.82, 2.24) is 4.90 Å². The molecule has 112 valence electrons. The van der Waals surface area contributed by atoms with E-state index in [1.54, 1.807) is 12.1 Å². The Morgan fingerprint density at radius 2 is 2.10 bits per heavy atom. The van der Waals surface area contributed by atoms with Gasteiger partial charge in [-0.25, -0.2) is 9.18 Å². The molecule has 20 heavy (non-hydrogen) atoms. The van der Waals surface area contributed by atoms with Crippen LogP contribution in [0.2, 0.25) is 0 Å². The molecule has 0 saturated heterocycles. The number of carbonyl (C=O) groups is 1. The molecule has 1 N–H and O–H groups in total. The summed E-state index contributed by atoms with van der Waals surface area (Å²) in [5.41, 5.74) is -0.449. The first kappa shape index (κ1) is 16.8. The molecule has 0 bridgehead atoms. The van der Waals surface area contributed by atoms with Gasteiger partial charge in [-0.1, -0.05) is 0 Å². The first-order valence-electron chi connectivity index (χ1n) is 6.30. The van der Waals surface area contributed by atoms with Gasteiger partial charge < -0.3 is 14.7 Å². The smallest absolute Gasteiger partial charge is 0.407 e. The maximum absolute atomic E-state index is 13.3. The number of nitrogens with zero attached hydrogens (tertiary/aromatic N) is 1. The van der Waals surface area contributed by atoms with Crippen LogP contribution in [-0.4, -0.2) is 34.8 Å². The zero-order valence-electron chi connectivity index (χ0n) is 11.8. The molecule has 0 aliphatic heterocycles. The molecular weight excluding hydrogens is 329 g/mol. The lowest BCUT2D eigenvalue weighted by Crippen LogP contribution is -2.45. The first-order valence-corrected chi connectivity index (χ1v) is 7.09. The molecule has 1 rings (SSSR count). The summed E-state index contributed by atoms with van der Waals surface area (Å²) < 4.78 is 19.1. The van der Waals surface area contributed by atoms with Crippen LogP contribution in [0.1, 0.15) is 27.2 Å². The molecule has 0 aromatic heterocycles. The van der Waals surface area contributed by atoms with Crippen LogP contribution in [0.3, 0.4) is 0 Å². The third-order valence-corrected chi connectivity index (χ3v) is 3.37. The lowest BCUT2D eigenvalue weighted by Gasteiger charge is -2.33. The highest BCUT2D eigenvalue weighted by Gasteiger charge is 2.25. The molecule has 0 aliphatic rings. The second-order valence-electron chi connectivity index (χ2n) is 5.38. The standard InChI is InChI=1S/C14H19BrFNO3/c1-14(2,3)17(13(18)19)7-4-8-20-10-5-6-11(15)12(16)9-10/h5-6,9H,4,7-8H2,1-3H3,(H,18,19). The van der Waals surface area contributed by atoms with Crippen molar-refractivity contribution in [3.63, 3.8) is 0 Å². The Morgan fingerprint density at radius 3 is 2.60 bits per heavy atom. The Balaban J connectivity index is 2.44. The summed E-state index contributed by atoms with van der Waals surface area (Å²) in [6, 6.07) is 4.53. The number of ether oxygens (including phenoxy) is 1. The molecule has 6 heteroatoms. The lowest BCUT2D eigenvalue weighted by molar-refractivity contribution is 0.0962. The molecule has 0 radical (unpaired) electrons. The van der Waals surface area contributed by atoms with Crippen molar-refractivity contribution >= 4 is 22.0 Å². The fourth-order valence-corrected chi connectivity index (χ4v) is 1.94. The molecule has 0 unspecified atom stereocenters. The van der Waals surface area contributed by atoms with Gasteiger partial charge in [-0.2, -0.15) is 0 Å². The highest BCUT2D eigenvalue weighted by molar-refractivity contribution is 9.10. The van der Waals surface area contributed by atoms with E-state index >= 15 is 0 Å². The summed E-state index contributed by atoms with van der Waals surface area (Å²) in [7, 11) is 0. The maximum Gasteiger partial charge on any atom is 0.407 e. The van der Waals surface area contributed by atoms with Gasteiger partial charge in [-0.15, -0.1) is 0 Å². The summed E-state index contributed by atoms with van der Waals surface area (Å²) in [4.78, 5) is 12.5. The highest BCUT2D eigenvalue weighted by atomic mass is 79.9. The van der Waals surface area contributed by atoms with Gasteiger partial charge >= 0.3 is 6.09 Å². The molecule has 1 aromatic rings. The fraction of sp³-hybridized carbons (Fsp3) is 0.500. The van der Waals surface area contributed by atoms with E-state index in [-0.39, 0.29) is 5.82 Å².